The molecule has 2 saturated heterocycles. The molecule has 0 spiro atoms. The quantitative estimate of drug-likeness (QED) is 0.396. The molecule has 0 amide bonds. The minimum Gasteiger partial charge on any atom is -0.488 e. The Hall–Kier alpha value is -2.22. The predicted octanol–water partition coefficient (Wildman–Crippen LogP) is 4.63. The number of aryl methyl sites for hydroxylation is 2. The number of rotatable bonds is 7. The molecule has 3 heterocycles. The predicted molar refractivity (Wildman–Crippen MR) is 173 cm³/mol. The van der Waals surface area contributed by atoms with E-state index in [1.807, 2.05) is 19.9 Å². The van der Waals surface area contributed by atoms with Gasteiger partial charge in [0, 0.05) is 25.0 Å². The maximum atomic E-state index is 15.4. The number of halogens is 1. The molecular formula is C33H51FN6O4S. The van der Waals surface area contributed by atoms with Crippen LogP contribution in [0.3, 0.4) is 0 Å². The third kappa shape index (κ3) is 9.20. The first-order valence-corrected chi connectivity index (χ1v) is 17.9. The first kappa shape index (κ1) is 34.1. The van der Waals surface area contributed by atoms with Crippen LogP contribution in [0, 0.1) is 19.8 Å². The van der Waals surface area contributed by atoms with E-state index < -0.39 is 33.5 Å². The summed E-state index contributed by atoms with van der Waals surface area (Å²) in [6, 6.07) is 5.77. The molecule has 0 radical (unpaired) electrons. The molecular weight excluding hydrogens is 595 g/mol. The molecule has 3 N–H and O–H groups in total. The van der Waals surface area contributed by atoms with Gasteiger partial charge in [-0.2, -0.15) is 4.72 Å². The molecule has 1 aliphatic carbocycles. The highest BCUT2D eigenvalue weighted by Gasteiger charge is 2.40. The van der Waals surface area contributed by atoms with Crippen molar-refractivity contribution in [1.82, 2.24) is 30.2 Å². The van der Waals surface area contributed by atoms with E-state index in [1.165, 1.54) is 0 Å². The lowest BCUT2D eigenvalue weighted by Crippen LogP contribution is -2.64. The highest BCUT2D eigenvalue weighted by Crippen LogP contribution is 2.33. The number of ether oxygens (including phenoxy) is 2. The van der Waals surface area contributed by atoms with Crippen LogP contribution in [0.15, 0.2) is 30.6 Å². The normalized spacial score (nSPS) is 29.8. The summed E-state index contributed by atoms with van der Waals surface area (Å²) < 4.78 is 58.3. The van der Waals surface area contributed by atoms with Crippen LogP contribution < -0.4 is 20.1 Å². The number of benzene rings is 1. The Balaban J connectivity index is 1.47. The molecule has 2 aromatic rings. The average Bonchev–Trinajstić information content (AvgIpc) is 2.95. The largest absolute Gasteiger partial charge is 0.488 e. The maximum Gasteiger partial charge on any atom is 0.216 e. The Bertz CT molecular complexity index is 1370. The van der Waals surface area contributed by atoms with Gasteiger partial charge in [-0.3, -0.25) is 15.5 Å². The van der Waals surface area contributed by atoms with Crippen molar-refractivity contribution in [1.29, 1.82) is 0 Å². The van der Waals surface area contributed by atoms with E-state index in [1.54, 1.807) is 26.2 Å². The molecule has 2 aliphatic heterocycles. The second-order valence-corrected chi connectivity index (χ2v) is 16.0. The van der Waals surface area contributed by atoms with Crippen LogP contribution >= 0.6 is 0 Å². The molecule has 5 rings (SSSR count). The van der Waals surface area contributed by atoms with Crippen molar-refractivity contribution in [3.63, 3.8) is 0 Å². The van der Waals surface area contributed by atoms with Gasteiger partial charge < -0.3 is 9.47 Å². The van der Waals surface area contributed by atoms with Crippen molar-refractivity contribution in [2.75, 3.05) is 13.2 Å². The van der Waals surface area contributed by atoms with Crippen LogP contribution in [0.1, 0.15) is 94.8 Å². The Kier molecular flexibility index (Phi) is 10.8. The van der Waals surface area contributed by atoms with Gasteiger partial charge in [-0.15, -0.1) is 0 Å². The molecule has 3 aliphatic rings. The molecule has 1 saturated carbocycles. The number of hydrogen-bond acceptors (Lipinski definition) is 9. The van der Waals surface area contributed by atoms with Gasteiger partial charge in [0.25, 0.3) is 0 Å². The van der Waals surface area contributed by atoms with Gasteiger partial charge in [0.05, 0.1) is 36.9 Å². The van der Waals surface area contributed by atoms with Crippen molar-refractivity contribution in [2.24, 2.45) is 5.92 Å². The molecule has 45 heavy (non-hydrogen) atoms. The molecule has 5 unspecified atom stereocenters. The molecule has 4 bridgehead atoms. The topological polar surface area (TPSA) is 118 Å². The molecule has 250 valence electrons. The van der Waals surface area contributed by atoms with Crippen LogP contribution in [-0.4, -0.2) is 72.0 Å². The van der Waals surface area contributed by atoms with Crippen LogP contribution in [-0.2, 0) is 21.3 Å². The van der Waals surface area contributed by atoms with Crippen LogP contribution in [0.4, 0.5) is 4.39 Å². The SMILES string of the molecule is Cc1cccc(C)c1C1CC2NC(N1)NS(=O)(=O)C1CCCC(C1)CN(Cc1ncc(OC(C)C)cn1)[C@H](CC(C)(C)F)CO2. The van der Waals surface area contributed by atoms with Crippen molar-refractivity contribution >= 4 is 10.0 Å². The fourth-order valence-corrected chi connectivity index (χ4v) is 8.85. The highest BCUT2D eigenvalue weighted by atomic mass is 32.2. The molecule has 10 nitrogen and oxygen atoms in total. The van der Waals surface area contributed by atoms with E-state index in [0.717, 1.165) is 29.5 Å². The number of fused-ring (bicyclic) bond motifs is 4. The van der Waals surface area contributed by atoms with Gasteiger partial charge in [0.15, 0.2) is 5.75 Å². The number of nitrogens with zero attached hydrogens (tertiary/aromatic N) is 3. The van der Waals surface area contributed by atoms with Crippen molar-refractivity contribution < 1.29 is 22.3 Å². The summed E-state index contributed by atoms with van der Waals surface area (Å²) in [5.74, 6) is 1.33. The van der Waals surface area contributed by atoms with E-state index >= 15 is 4.39 Å². The summed E-state index contributed by atoms with van der Waals surface area (Å²) in [5, 5.41) is 6.35. The molecule has 1 aromatic heterocycles. The second-order valence-electron chi connectivity index (χ2n) is 14.0. The second kappa shape index (κ2) is 14.3. The summed E-state index contributed by atoms with van der Waals surface area (Å²) in [6.07, 6.45) is 5.91. The zero-order valence-electron chi connectivity index (χ0n) is 27.6. The van der Waals surface area contributed by atoms with E-state index in [0.29, 0.717) is 43.9 Å². The van der Waals surface area contributed by atoms with Gasteiger partial charge in [-0.25, -0.2) is 22.8 Å². The summed E-state index contributed by atoms with van der Waals surface area (Å²) >= 11 is 0. The molecule has 12 heteroatoms. The Morgan fingerprint density at radius 3 is 2.49 bits per heavy atom. The third-order valence-electron chi connectivity index (χ3n) is 9.13. The molecule has 6 atom stereocenters. The van der Waals surface area contributed by atoms with Crippen molar-refractivity contribution in [2.45, 2.75) is 128 Å². The van der Waals surface area contributed by atoms with Crippen LogP contribution in [0.5, 0.6) is 5.75 Å². The standard InChI is InChI=1S/C33H51FN6O4S/c1-21(2)44-26-16-35-29(36-17-26)19-40-18-24-11-8-12-27(13-24)45(41,42)39-32-37-28(31-22(3)9-7-10-23(31)4)14-30(38-32)43-20-25(40)15-33(5,6)34/h7,9-10,16-17,21,24-25,27-28,30,32,37-39H,8,11-15,18-20H2,1-6H3/t24?,25-,27?,28?,30?,32?/m1/s1. The zero-order chi connectivity index (χ0) is 32.4. The summed E-state index contributed by atoms with van der Waals surface area (Å²) in [7, 11) is -3.65. The number of sulfonamides is 1. The number of alkyl halides is 1. The highest BCUT2D eigenvalue weighted by molar-refractivity contribution is 7.90. The van der Waals surface area contributed by atoms with E-state index in [4.69, 9.17) is 9.47 Å². The lowest BCUT2D eigenvalue weighted by molar-refractivity contribution is -0.0544. The lowest BCUT2D eigenvalue weighted by atomic mass is 9.87. The first-order chi connectivity index (χ1) is 21.3. The Labute approximate surface area is 268 Å². The lowest BCUT2D eigenvalue weighted by Gasteiger charge is -2.40. The van der Waals surface area contributed by atoms with Gasteiger partial charge in [0.1, 0.15) is 24.0 Å². The number of aromatic nitrogens is 2. The number of hydrogen-bond donors (Lipinski definition) is 3. The third-order valence-corrected chi connectivity index (χ3v) is 11.0. The fraction of sp³-hybridized carbons (Fsp3) is 0.697. The summed E-state index contributed by atoms with van der Waals surface area (Å²) in [4.78, 5) is 11.4. The summed E-state index contributed by atoms with van der Waals surface area (Å²) in [5.41, 5.74) is 1.97. The van der Waals surface area contributed by atoms with E-state index in [-0.39, 0.29) is 37.1 Å². The van der Waals surface area contributed by atoms with E-state index in [2.05, 4.69) is 56.2 Å². The van der Waals surface area contributed by atoms with Crippen LogP contribution in [0.25, 0.3) is 0 Å². The Morgan fingerprint density at radius 2 is 1.82 bits per heavy atom. The minimum atomic E-state index is -3.65. The minimum absolute atomic E-state index is 0.00873. The molecule has 1 aromatic carbocycles. The van der Waals surface area contributed by atoms with Crippen LogP contribution in [0.2, 0.25) is 0 Å². The average molecular weight is 647 g/mol. The van der Waals surface area contributed by atoms with E-state index in [9.17, 15) is 8.42 Å². The smallest absolute Gasteiger partial charge is 0.216 e. The monoisotopic (exact) mass is 646 g/mol. The zero-order valence-corrected chi connectivity index (χ0v) is 28.4. The molecule has 3 fully saturated rings. The fourth-order valence-electron chi connectivity index (χ4n) is 7.19. The van der Waals surface area contributed by atoms with Crippen molar-refractivity contribution in [3.05, 3.63) is 53.1 Å². The number of nitrogens with one attached hydrogen (secondary N) is 3. The van der Waals surface area contributed by atoms with Gasteiger partial charge >= 0.3 is 0 Å². The maximum absolute atomic E-state index is 15.4. The first-order valence-electron chi connectivity index (χ1n) is 16.4. The Morgan fingerprint density at radius 1 is 1.11 bits per heavy atom. The summed E-state index contributed by atoms with van der Waals surface area (Å²) in [6.45, 7) is 12.5. The van der Waals surface area contributed by atoms with Gasteiger partial charge in [0.2, 0.25) is 10.0 Å². The van der Waals surface area contributed by atoms with Gasteiger partial charge in [-0.1, -0.05) is 24.6 Å². The van der Waals surface area contributed by atoms with Crippen molar-refractivity contribution in [3.8, 4) is 5.75 Å². The van der Waals surface area contributed by atoms with Gasteiger partial charge in [-0.05, 0) is 89.8 Å².